The lowest BCUT2D eigenvalue weighted by atomic mass is 10.1. The van der Waals surface area contributed by atoms with Crippen LogP contribution in [0.5, 0.6) is 0 Å². The van der Waals surface area contributed by atoms with Gasteiger partial charge in [0, 0.05) is 5.39 Å². The van der Waals surface area contributed by atoms with Gasteiger partial charge in [0.25, 0.3) is 0 Å². The first-order chi connectivity index (χ1) is 11.4. The van der Waals surface area contributed by atoms with Gasteiger partial charge in [-0.3, -0.25) is 9.78 Å². The molecule has 24 heavy (non-hydrogen) atoms. The Morgan fingerprint density at radius 3 is 2.46 bits per heavy atom. The number of carbonyl (C=O) groups excluding carboxylic acids is 1. The molecule has 6 heteroatoms. The molecule has 0 atom stereocenters. The van der Waals surface area contributed by atoms with Crippen molar-refractivity contribution in [2.24, 2.45) is 0 Å². The molecule has 1 heterocycles. The summed E-state index contributed by atoms with van der Waals surface area (Å²) in [6.45, 7) is 0. The molecule has 1 aromatic heterocycles. The van der Waals surface area contributed by atoms with E-state index in [1.54, 1.807) is 12.3 Å². The number of amides is 1. The summed E-state index contributed by atoms with van der Waals surface area (Å²) in [6, 6.07) is 13.8. The number of halogens is 3. The number of anilines is 1. The van der Waals surface area contributed by atoms with E-state index in [9.17, 15) is 18.0 Å². The van der Waals surface area contributed by atoms with Gasteiger partial charge in [0.2, 0.25) is 5.91 Å². The van der Waals surface area contributed by atoms with Crippen LogP contribution in [0.15, 0.2) is 60.8 Å². The number of hydrogen-bond donors (Lipinski definition) is 1. The average Bonchev–Trinajstić information content (AvgIpc) is 2.54. The van der Waals surface area contributed by atoms with Crippen LogP contribution in [0.25, 0.3) is 10.9 Å². The highest BCUT2D eigenvalue weighted by atomic mass is 19.4. The molecule has 1 N–H and O–H groups in total. The van der Waals surface area contributed by atoms with Crippen LogP contribution in [-0.4, -0.2) is 10.9 Å². The van der Waals surface area contributed by atoms with Gasteiger partial charge in [-0.25, -0.2) is 0 Å². The second-order valence-corrected chi connectivity index (χ2v) is 5.34. The van der Waals surface area contributed by atoms with E-state index < -0.39 is 11.7 Å². The first-order valence-corrected chi connectivity index (χ1v) is 7.22. The standard InChI is InChI=1S/C18H13F3N2O/c19-18(20,21)14-7-5-12(6-8-14)9-17(24)23-15-10-13-3-1-2-4-16(13)22-11-15/h1-8,10-11H,9H2,(H,23,24). The topological polar surface area (TPSA) is 42.0 Å². The third-order valence-electron chi connectivity index (χ3n) is 3.52. The van der Waals surface area contributed by atoms with Crippen LogP contribution in [-0.2, 0) is 17.4 Å². The fourth-order valence-electron chi connectivity index (χ4n) is 2.34. The minimum absolute atomic E-state index is 0.00896. The predicted octanol–water partition coefficient (Wildman–Crippen LogP) is 4.43. The Balaban J connectivity index is 1.68. The van der Waals surface area contributed by atoms with E-state index in [0.717, 1.165) is 23.0 Å². The van der Waals surface area contributed by atoms with Gasteiger partial charge in [-0.2, -0.15) is 13.2 Å². The van der Waals surface area contributed by atoms with Crippen molar-refractivity contribution in [2.45, 2.75) is 12.6 Å². The quantitative estimate of drug-likeness (QED) is 0.772. The van der Waals surface area contributed by atoms with Crippen molar-refractivity contribution < 1.29 is 18.0 Å². The van der Waals surface area contributed by atoms with Gasteiger partial charge < -0.3 is 5.32 Å². The van der Waals surface area contributed by atoms with E-state index in [2.05, 4.69) is 10.3 Å². The molecule has 0 radical (unpaired) electrons. The largest absolute Gasteiger partial charge is 0.416 e. The Morgan fingerprint density at radius 1 is 1.04 bits per heavy atom. The van der Waals surface area contributed by atoms with Gasteiger partial charge in [-0.05, 0) is 29.8 Å². The molecular weight excluding hydrogens is 317 g/mol. The molecule has 3 nitrogen and oxygen atoms in total. The van der Waals surface area contributed by atoms with E-state index in [4.69, 9.17) is 0 Å². The summed E-state index contributed by atoms with van der Waals surface area (Å²) >= 11 is 0. The molecule has 122 valence electrons. The van der Waals surface area contributed by atoms with Crippen LogP contribution in [0.3, 0.4) is 0 Å². The molecule has 0 unspecified atom stereocenters. The van der Waals surface area contributed by atoms with Crippen LogP contribution in [0.1, 0.15) is 11.1 Å². The minimum Gasteiger partial charge on any atom is -0.324 e. The summed E-state index contributed by atoms with van der Waals surface area (Å²) in [6.07, 6.45) is -2.84. The van der Waals surface area contributed by atoms with Crippen molar-refractivity contribution in [3.05, 3.63) is 71.9 Å². The van der Waals surface area contributed by atoms with Gasteiger partial charge in [-0.15, -0.1) is 0 Å². The maximum Gasteiger partial charge on any atom is 0.416 e. The highest BCUT2D eigenvalue weighted by molar-refractivity contribution is 5.94. The number of alkyl halides is 3. The molecule has 0 fully saturated rings. The number of nitrogens with zero attached hydrogens (tertiary/aromatic N) is 1. The van der Waals surface area contributed by atoms with Crippen molar-refractivity contribution in [3.63, 3.8) is 0 Å². The zero-order chi connectivity index (χ0) is 17.2. The molecule has 0 spiro atoms. The SMILES string of the molecule is O=C(Cc1ccc(C(F)(F)F)cc1)Nc1cnc2ccccc2c1. The van der Waals surface area contributed by atoms with Gasteiger partial charge >= 0.3 is 6.18 Å². The van der Waals surface area contributed by atoms with Crippen molar-refractivity contribution in [1.29, 1.82) is 0 Å². The Labute approximate surface area is 136 Å². The molecule has 3 aromatic rings. The lowest BCUT2D eigenvalue weighted by Gasteiger charge is -2.08. The molecule has 3 rings (SSSR count). The average molecular weight is 330 g/mol. The Bertz CT molecular complexity index is 873. The normalized spacial score (nSPS) is 11.5. The fourth-order valence-corrected chi connectivity index (χ4v) is 2.34. The van der Waals surface area contributed by atoms with Crippen LogP contribution in [0.4, 0.5) is 18.9 Å². The number of carbonyl (C=O) groups is 1. The second-order valence-electron chi connectivity index (χ2n) is 5.34. The lowest BCUT2D eigenvalue weighted by molar-refractivity contribution is -0.137. The summed E-state index contributed by atoms with van der Waals surface area (Å²) in [7, 11) is 0. The molecule has 0 aliphatic rings. The zero-order valence-electron chi connectivity index (χ0n) is 12.5. The number of hydrogen-bond acceptors (Lipinski definition) is 2. The molecular formula is C18H13F3N2O. The highest BCUT2D eigenvalue weighted by Crippen LogP contribution is 2.29. The van der Waals surface area contributed by atoms with Gasteiger partial charge in [0.15, 0.2) is 0 Å². The van der Waals surface area contributed by atoms with Gasteiger partial charge in [0.05, 0.1) is 29.4 Å². The molecule has 0 saturated heterocycles. The lowest BCUT2D eigenvalue weighted by Crippen LogP contribution is -2.14. The Hall–Kier alpha value is -2.89. The number of benzene rings is 2. The summed E-state index contributed by atoms with van der Waals surface area (Å²) < 4.78 is 37.5. The molecule has 2 aromatic carbocycles. The summed E-state index contributed by atoms with van der Waals surface area (Å²) in [4.78, 5) is 16.3. The second kappa shape index (κ2) is 6.31. The van der Waals surface area contributed by atoms with E-state index in [0.29, 0.717) is 11.3 Å². The number of fused-ring (bicyclic) bond motifs is 1. The number of nitrogens with one attached hydrogen (secondary N) is 1. The molecule has 0 aliphatic carbocycles. The molecule has 0 saturated carbocycles. The van der Waals surface area contributed by atoms with Crippen molar-refractivity contribution in [1.82, 2.24) is 4.98 Å². The van der Waals surface area contributed by atoms with Crippen molar-refractivity contribution in [2.75, 3.05) is 5.32 Å². The summed E-state index contributed by atoms with van der Waals surface area (Å²) in [5.74, 6) is -0.313. The fraction of sp³-hybridized carbons (Fsp3) is 0.111. The number of aromatic nitrogens is 1. The van der Waals surface area contributed by atoms with Gasteiger partial charge in [-0.1, -0.05) is 30.3 Å². The van der Waals surface area contributed by atoms with Gasteiger partial charge in [0.1, 0.15) is 0 Å². The monoisotopic (exact) mass is 330 g/mol. The summed E-state index contributed by atoms with van der Waals surface area (Å²) in [5.41, 5.74) is 1.14. The molecule has 0 bridgehead atoms. The van der Waals surface area contributed by atoms with Crippen molar-refractivity contribution in [3.8, 4) is 0 Å². The predicted molar refractivity (Wildman–Crippen MR) is 85.5 cm³/mol. The molecule has 0 aliphatic heterocycles. The van der Waals surface area contributed by atoms with E-state index >= 15 is 0 Å². The van der Waals surface area contributed by atoms with E-state index in [1.807, 2.05) is 24.3 Å². The third-order valence-corrected chi connectivity index (χ3v) is 3.52. The van der Waals surface area contributed by atoms with Crippen LogP contribution < -0.4 is 5.32 Å². The summed E-state index contributed by atoms with van der Waals surface area (Å²) in [5, 5.41) is 3.60. The number of para-hydroxylation sites is 1. The van der Waals surface area contributed by atoms with Crippen LogP contribution in [0, 0.1) is 0 Å². The van der Waals surface area contributed by atoms with Crippen LogP contribution >= 0.6 is 0 Å². The number of rotatable bonds is 3. The Kier molecular flexibility index (Phi) is 4.20. The third kappa shape index (κ3) is 3.71. The highest BCUT2D eigenvalue weighted by Gasteiger charge is 2.29. The maximum absolute atomic E-state index is 12.5. The minimum atomic E-state index is -4.38. The van der Waals surface area contributed by atoms with E-state index in [-0.39, 0.29) is 12.3 Å². The maximum atomic E-state index is 12.5. The number of pyridine rings is 1. The smallest absolute Gasteiger partial charge is 0.324 e. The first-order valence-electron chi connectivity index (χ1n) is 7.22. The first kappa shape index (κ1) is 16.0. The Morgan fingerprint density at radius 2 is 1.75 bits per heavy atom. The van der Waals surface area contributed by atoms with Crippen molar-refractivity contribution >= 4 is 22.5 Å². The van der Waals surface area contributed by atoms with E-state index in [1.165, 1.54) is 12.1 Å². The van der Waals surface area contributed by atoms with Crippen LogP contribution in [0.2, 0.25) is 0 Å². The zero-order valence-corrected chi connectivity index (χ0v) is 12.5. The molecule has 1 amide bonds.